The third kappa shape index (κ3) is 14.5. The first kappa shape index (κ1) is 31.7. The predicted molar refractivity (Wildman–Crippen MR) is 124 cm³/mol. The highest BCUT2D eigenvalue weighted by Gasteiger charge is 2.25. The smallest absolute Gasteiger partial charge is 0.342 e. The second kappa shape index (κ2) is 13.8. The summed E-state index contributed by atoms with van der Waals surface area (Å²) in [7, 11) is 0. The second-order valence-electron chi connectivity index (χ2n) is 10.2. The number of aliphatic carboxylic acids is 1. The van der Waals surface area contributed by atoms with Gasteiger partial charge in [-0.2, -0.15) is 0 Å². The zero-order valence-electron chi connectivity index (χ0n) is 21.5. The highest BCUT2D eigenvalue weighted by molar-refractivity contribution is 6.11. The Morgan fingerprint density at radius 2 is 1.28 bits per heavy atom. The first-order valence-electron chi connectivity index (χ1n) is 10.8. The van der Waals surface area contributed by atoms with Gasteiger partial charge in [-0.3, -0.25) is 4.79 Å². The van der Waals surface area contributed by atoms with Crippen molar-refractivity contribution in [2.75, 3.05) is 13.1 Å². The summed E-state index contributed by atoms with van der Waals surface area (Å²) in [6, 6.07) is 0. The number of quaternary nitrogens is 1. The molecule has 0 aliphatic carbocycles. The fraction of sp³-hybridized carbons (Fsp3) is 0.667. The number of rotatable bonds is 5. The minimum atomic E-state index is -1.05. The molecule has 1 heterocycles. The number of hydrogen-bond donors (Lipinski definition) is 3. The predicted octanol–water partition coefficient (Wildman–Crippen LogP) is 3.03. The van der Waals surface area contributed by atoms with Crippen LogP contribution in [0.5, 0.6) is 0 Å². The largest absolute Gasteiger partial charge is 0.478 e. The van der Waals surface area contributed by atoms with Gasteiger partial charge < -0.3 is 20.9 Å². The molecule has 1 rings (SSSR count). The summed E-state index contributed by atoms with van der Waals surface area (Å²) in [6.07, 6.45) is 2.09. The third-order valence-corrected chi connectivity index (χ3v) is 4.67. The summed E-state index contributed by atoms with van der Waals surface area (Å²) in [5.74, 6) is -2.39. The molecule has 184 valence electrons. The minimum absolute atomic E-state index is 0.0910. The van der Waals surface area contributed by atoms with E-state index in [0.717, 1.165) is 13.0 Å². The van der Waals surface area contributed by atoms with Crippen molar-refractivity contribution in [1.82, 2.24) is 5.32 Å². The lowest BCUT2D eigenvalue weighted by Crippen LogP contribution is -2.51. The maximum absolute atomic E-state index is 11.5. The van der Waals surface area contributed by atoms with Crippen LogP contribution in [0.4, 0.5) is 0 Å². The van der Waals surface area contributed by atoms with Crippen LogP contribution in [-0.4, -0.2) is 42.0 Å². The quantitative estimate of drug-likeness (QED) is 0.331. The lowest BCUT2D eigenvalue weighted by Gasteiger charge is -2.18. The van der Waals surface area contributed by atoms with Crippen LogP contribution in [0.3, 0.4) is 0 Å². The highest BCUT2D eigenvalue weighted by Crippen LogP contribution is 2.17. The number of ether oxygens (including phenoxy) is 1. The molecular weight excluding hydrogens is 412 g/mol. The minimum Gasteiger partial charge on any atom is -0.478 e. The number of carboxylic acid groups (broad SMARTS) is 1. The van der Waals surface area contributed by atoms with Gasteiger partial charge in [-0.05, 0) is 44.9 Å². The number of nitrogens with one attached hydrogen (secondary N) is 1. The third-order valence-electron chi connectivity index (χ3n) is 4.67. The van der Waals surface area contributed by atoms with Crippen LogP contribution in [0.1, 0.15) is 82.1 Å². The SMILES string of the molecule is CC(C(=O)O)=C(C)C(=O)NCCC(C)(C)C.CC(C)(C)CC[NH3+].CC1=C(C)C(=O)OC1=O. The molecule has 0 saturated carbocycles. The molecule has 0 fully saturated rings. The van der Waals surface area contributed by atoms with E-state index in [4.69, 9.17) is 5.11 Å². The molecule has 1 amide bonds. The summed E-state index contributed by atoms with van der Waals surface area (Å²) in [4.78, 5) is 43.2. The molecule has 0 aromatic heterocycles. The lowest BCUT2D eigenvalue weighted by atomic mass is 9.92. The van der Waals surface area contributed by atoms with Crippen molar-refractivity contribution < 1.29 is 34.8 Å². The Bertz CT molecular complexity index is 727. The summed E-state index contributed by atoms with van der Waals surface area (Å²) in [5.41, 5.74) is 5.61. The second-order valence-corrected chi connectivity index (χ2v) is 10.2. The van der Waals surface area contributed by atoms with Gasteiger partial charge in [0.2, 0.25) is 5.91 Å². The molecule has 8 heteroatoms. The van der Waals surface area contributed by atoms with Gasteiger partial charge in [-0.15, -0.1) is 0 Å². The molecule has 8 nitrogen and oxygen atoms in total. The Morgan fingerprint density at radius 1 is 0.875 bits per heavy atom. The van der Waals surface area contributed by atoms with Gasteiger partial charge in [-0.1, -0.05) is 41.5 Å². The molecule has 0 radical (unpaired) electrons. The fourth-order valence-corrected chi connectivity index (χ4v) is 2.09. The van der Waals surface area contributed by atoms with Gasteiger partial charge in [0, 0.05) is 35.3 Å². The Hall–Kier alpha value is -2.48. The molecule has 5 N–H and O–H groups in total. The van der Waals surface area contributed by atoms with E-state index in [-0.39, 0.29) is 22.5 Å². The standard InChI is InChI=1S/C12H21NO3.C6H15N.C6H6O3/c1-8(9(2)11(15)16)10(14)13-7-6-12(3,4)5;1-6(2,3)4-5-7;1-3-4(2)6(8)9-5(3)7/h6-7H2,1-5H3,(H,13,14)(H,15,16);4-5,7H2,1-3H3;1-2H3/p+1. The van der Waals surface area contributed by atoms with Crippen LogP contribution in [0.25, 0.3) is 0 Å². The molecule has 0 unspecified atom stereocenters. The maximum atomic E-state index is 11.5. The van der Waals surface area contributed by atoms with E-state index >= 15 is 0 Å². The van der Waals surface area contributed by atoms with E-state index in [2.05, 4.69) is 57.3 Å². The summed E-state index contributed by atoms with van der Waals surface area (Å²) >= 11 is 0. The zero-order valence-corrected chi connectivity index (χ0v) is 21.5. The van der Waals surface area contributed by atoms with Crippen molar-refractivity contribution in [2.24, 2.45) is 10.8 Å². The summed E-state index contributed by atoms with van der Waals surface area (Å²) < 4.78 is 4.23. The first-order chi connectivity index (χ1) is 14.3. The van der Waals surface area contributed by atoms with Crippen molar-refractivity contribution >= 4 is 23.8 Å². The van der Waals surface area contributed by atoms with Crippen LogP contribution in [0.2, 0.25) is 0 Å². The average molecular weight is 456 g/mol. The summed E-state index contributed by atoms with van der Waals surface area (Å²) in [5, 5.41) is 11.4. The van der Waals surface area contributed by atoms with Crippen molar-refractivity contribution in [3.8, 4) is 0 Å². The maximum Gasteiger partial charge on any atom is 0.342 e. The Kier molecular flexibility index (Phi) is 13.7. The molecule has 0 aromatic carbocycles. The van der Waals surface area contributed by atoms with Crippen LogP contribution in [0, 0.1) is 10.8 Å². The first-order valence-corrected chi connectivity index (χ1v) is 10.8. The highest BCUT2D eigenvalue weighted by atomic mass is 16.6. The van der Waals surface area contributed by atoms with E-state index in [1.54, 1.807) is 13.8 Å². The average Bonchev–Trinajstić information content (AvgIpc) is 2.85. The van der Waals surface area contributed by atoms with Gasteiger partial charge in [0.05, 0.1) is 6.54 Å². The Labute approximate surface area is 192 Å². The van der Waals surface area contributed by atoms with Crippen molar-refractivity contribution in [2.45, 2.75) is 82.1 Å². The van der Waals surface area contributed by atoms with Crippen LogP contribution < -0.4 is 11.1 Å². The van der Waals surface area contributed by atoms with Gasteiger partial charge in [0.25, 0.3) is 0 Å². The molecule has 0 aromatic rings. The number of amides is 1. The van der Waals surface area contributed by atoms with Crippen LogP contribution >= 0.6 is 0 Å². The summed E-state index contributed by atoms with van der Waals surface area (Å²) in [6.45, 7) is 20.7. The lowest BCUT2D eigenvalue weighted by molar-refractivity contribution is -0.371. The fourth-order valence-electron chi connectivity index (χ4n) is 2.09. The normalized spacial score (nSPS) is 14.5. The molecule has 1 aliphatic heterocycles. The van der Waals surface area contributed by atoms with Gasteiger partial charge in [0.1, 0.15) is 0 Å². The van der Waals surface area contributed by atoms with E-state index in [0.29, 0.717) is 23.1 Å². The molecule has 0 saturated heterocycles. The molecule has 32 heavy (non-hydrogen) atoms. The number of esters is 2. The molecule has 0 bridgehead atoms. The van der Waals surface area contributed by atoms with Crippen LogP contribution in [0.15, 0.2) is 22.3 Å². The van der Waals surface area contributed by atoms with E-state index in [9.17, 15) is 19.2 Å². The van der Waals surface area contributed by atoms with Crippen LogP contribution in [-0.2, 0) is 23.9 Å². The van der Waals surface area contributed by atoms with E-state index in [1.165, 1.54) is 20.3 Å². The topological polar surface area (TPSA) is 137 Å². The number of carbonyl (C=O) groups is 4. The van der Waals surface area contributed by atoms with Crippen molar-refractivity contribution in [3.05, 3.63) is 22.3 Å². The van der Waals surface area contributed by atoms with Gasteiger partial charge in [0.15, 0.2) is 0 Å². The van der Waals surface area contributed by atoms with Crippen molar-refractivity contribution in [1.29, 1.82) is 0 Å². The zero-order chi connectivity index (χ0) is 25.9. The molecule has 0 spiro atoms. The van der Waals surface area contributed by atoms with Gasteiger partial charge >= 0.3 is 17.9 Å². The monoisotopic (exact) mass is 455 g/mol. The number of carbonyl (C=O) groups excluding carboxylic acids is 3. The van der Waals surface area contributed by atoms with Crippen molar-refractivity contribution in [3.63, 3.8) is 0 Å². The Balaban J connectivity index is 0. The van der Waals surface area contributed by atoms with E-state index in [1.807, 2.05) is 0 Å². The molecule has 0 atom stereocenters. The van der Waals surface area contributed by atoms with E-state index < -0.39 is 17.9 Å². The Morgan fingerprint density at radius 3 is 1.50 bits per heavy atom. The molecular formula is C24H43N2O6+. The number of cyclic esters (lactones) is 2. The molecule has 1 aliphatic rings. The number of hydrogen-bond acceptors (Lipinski definition) is 5. The van der Waals surface area contributed by atoms with Gasteiger partial charge in [-0.25, -0.2) is 14.4 Å². The number of carboxylic acids is 1.